The normalized spacial score (nSPS) is 11.2. The molecule has 0 aliphatic rings. The molecule has 0 heterocycles. The Labute approximate surface area is 81.0 Å². The number of hydrogen-bond acceptors (Lipinski definition) is 2. The molecule has 0 amide bonds. The molecule has 0 unspecified atom stereocenters. The summed E-state index contributed by atoms with van der Waals surface area (Å²) in [6.07, 6.45) is 10.4. The molecule has 12 heavy (non-hydrogen) atoms. The first-order valence-corrected chi connectivity index (χ1v) is 6.12. The maximum absolute atomic E-state index is 3.42. The van der Waals surface area contributed by atoms with Crippen LogP contribution in [0.25, 0.3) is 0 Å². The van der Waals surface area contributed by atoms with E-state index >= 15 is 0 Å². The summed E-state index contributed by atoms with van der Waals surface area (Å²) in [6, 6.07) is 0. The molecule has 0 aromatic carbocycles. The van der Waals surface area contributed by atoms with Crippen LogP contribution in [0, 0.1) is 0 Å². The Bertz CT molecular complexity index is 102. The van der Waals surface area contributed by atoms with E-state index in [2.05, 4.69) is 30.6 Å². The third kappa shape index (κ3) is 10.0. The van der Waals surface area contributed by atoms with Crippen molar-refractivity contribution < 1.29 is 0 Å². The maximum Gasteiger partial charge on any atom is 0.00553 e. The van der Waals surface area contributed by atoms with Gasteiger partial charge in [0.1, 0.15) is 0 Å². The van der Waals surface area contributed by atoms with E-state index in [1.807, 2.05) is 11.8 Å². The SMILES string of the molecule is C/C=C\CCCCNCCSC. The van der Waals surface area contributed by atoms with E-state index in [1.54, 1.807) is 0 Å². The second-order valence-corrected chi connectivity index (χ2v) is 3.79. The van der Waals surface area contributed by atoms with E-state index < -0.39 is 0 Å². The van der Waals surface area contributed by atoms with Crippen LogP contribution in [0.1, 0.15) is 26.2 Å². The zero-order valence-corrected chi connectivity index (χ0v) is 9.12. The highest BCUT2D eigenvalue weighted by atomic mass is 32.2. The molecule has 0 aliphatic heterocycles. The van der Waals surface area contributed by atoms with Gasteiger partial charge in [-0.2, -0.15) is 11.8 Å². The van der Waals surface area contributed by atoms with Crippen molar-refractivity contribution in [2.45, 2.75) is 26.2 Å². The first-order valence-electron chi connectivity index (χ1n) is 4.72. The molecule has 1 N–H and O–H groups in total. The van der Waals surface area contributed by atoms with E-state index in [9.17, 15) is 0 Å². The first-order chi connectivity index (χ1) is 5.91. The molecule has 0 bridgehead atoms. The number of unbranched alkanes of at least 4 members (excludes halogenated alkanes) is 2. The minimum absolute atomic E-state index is 1.16. The van der Waals surface area contributed by atoms with Crippen molar-refractivity contribution in [1.29, 1.82) is 0 Å². The van der Waals surface area contributed by atoms with Gasteiger partial charge in [-0.15, -0.1) is 0 Å². The summed E-state index contributed by atoms with van der Waals surface area (Å²) in [6.45, 7) is 4.42. The van der Waals surface area contributed by atoms with E-state index in [0.29, 0.717) is 0 Å². The summed E-state index contributed by atoms with van der Waals surface area (Å²) in [7, 11) is 0. The average molecular weight is 187 g/mol. The zero-order chi connectivity index (χ0) is 9.07. The fourth-order valence-corrected chi connectivity index (χ4v) is 1.33. The molecule has 0 radical (unpaired) electrons. The predicted molar refractivity (Wildman–Crippen MR) is 59.9 cm³/mol. The smallest absolute Gasteiger partial charge is 0.00553 e. The largest absolute Gasteiger partial charge is 0.316 e. The van der Waals surface area contributed by atoms with Gasteiger partial charge in [0.05, 0.1) is 0 Å². The molecular weight excluding hydrogens is 166 g/mol. The Balaban J connectivity index is 2.81. The molecule has 0 fully saturated rings. The zero-order valence-electron chi connectivity index (χ0n) is 8.31. The monoisotopic (exact) mass is 187 g/mol. The molecule has 0 spiro atoms. The molecule has 0 aromatic rings. The number of thioether (sulfide) groups is 1. The van der Waals surface area contributed by atoms with Gasteiger partial charge in [-0.25, -0.2) is 0 Å². The Morgan fingerprint density at radius 1 is 1.25 bits per heavy atom. The Hall–Kier alpha value is 0.0500. The summed E-state index contributed by atoms with van der Waals surface area (Å²) in [4.78, 5) is 0. The Kier molecular flexibility index (Phi) is 11.1. The van der Waals surface area contributed by atoms with Crippen LogP contribution in [0.4, 0.5) is 0 Å². The molecular formula is C10H21NS. The lowest BCUT2D eigenvalue weighted by atomic mass is 10.2. The third-order valence-electron chi connectivity index (χ3n) is 1.69. The Morgan fingerprint density at radius 2 is 2.08 bits per heavy atom. The van der Waals surface area contributed by atoms with Crippen molar-refractivity contribution in [1.82, 2.24) is 5.32 Å². The highest BCUT2D eigenvalue weighted by Gasteiger charge is 1.86. The predicted octanol–water partition coefficient (Wildman–Crippen LogP) is 2.69. The summed E-state index contributed by atoms with van der Waals surface area (Å²) in [5.74, 6) is 1.23. The number of rotatable bonds is 8. The molecule has 72 valence electrons. The van der Waals surface area contributed by atoms with Gasteiger partial charge in [-0.3, -0.25) is 0 Å². The van der Waals surface area contributed by atoms with Crippen LogP contribution < -0.4 is 5.32 Å². The van der Waals surface area contributed by atoms with Crippen LogP contribution in [0.2, 0.25) is 0 Å². The van der Waals surface area contributed by atoms with Crippen molar-refractivity contribution in [3.63, 3.8) is 0 Å². The lowest BCUT2D eigenvalue weighted by Gasteiger charge is -2.01. The quantitative estimate of drug-likeness (QED) is 0.463. The number of nitrogens with one attached hydrogen (secondary N) is 1. The fraction of sp³-hybridized carbons (Fsp3) is 0.800. The molecule has 0 saturated heterocycles. The Morgan fingerprint density at radius 3 is 2.75 bits per heavy atom. The summed E-state index contributed by atoms with van der Waals surface area (Å²) >= 11 is 1.90. The van der Waals surface area contributed by atoms with Crippen LogP contribution in [0.5, 0.6) is 0 Å². The highest BCUT2D eigenvalue weighted by Crippen LogP contribution is 1.95. The molecule has 0 rings (SSSR count). The average Bonchev–Trinajstić information content (AvgIpc) is 2.10. The molecule has 0 aliphatic carbocycles. The van der Waals surface area contributed by atoms with Gasteiger partial charge in [-0.1, -0.05) is 12.2 Å². The van der Waals surface area contributed by atoms with Gasteiger partial charge in [0.2, 0.25) is 0 Å². The van der Waals surface area contributed by atoms with Gasteiger partial charge in [0.15, 0.2) is 0 Å². The lowest BCUT2D eigenvalue weighted by Crippen LogP contribution is -2.18. The standard InChI is InChI=1S/C10H21NS/c1-3-4-5-6-7-8-11-9-10-12-2/h3-4,11H,5-10H2,1-2H3/b4-3-. The fourth-order valence-electron chi connectivity index (χ4n) is 0.978. The van der Waals surface area contributed by atoms with Crippen LogP contribution >= 0.6 is 11.8 Å². The molecule has 0 atom stereocenters. The first kappa shape index (κ1) is 12.0. The molecule has 0 aromatic heterocycles. The summed E-state index contributed by atoms with van der Waals surface area (Å²) in [5.41, 5.74) is 0. The minimum Gasteiger partial charge on any atom is -0.316 e. The van der Waals surface area contributed by atoms with E-state index in [0.717, 1.165) is 6.54 Å². The van der Waals surface area contributed by atoms with E-state index in [1.165, 1.54) is 31.6 Å². The van der Waals surface area contributed by atoms with Crippen molar-refractivity contribution in [2.75, 3.05) is 25.1 Å². The van der Waals surface area contributed by atoms with Crippen LogP contribution in [-0.2, 0) is 0 Å². The summed E-state index contributed by atoms with van der Waals surface area (Å²) in [5, 5.41) is 3.42. The number of hydrogen-bond donors (Lipinski definition) is 1. The molecule has 0 saturated carbocycles. The lowest BCUT2D eigenvalue weighted by molar-refractivity contribution is 0.648. The van der Waals surface area contributed by atoms with Gasteiger partial charge >= 0.3 is 0 Å². The topological polar surface area (TPSA) is 12.0 Å². The minimum atomic E-state index is 1.16. The van der Waals surface area contributed by atoms with Crippen LogP contribution in [0.3, 0.4) is 0 Å². The van der Waals surface area contributed by atoms with Crippen molar-refractivity contribution >= 4 is 11.8 Å². The van der Waals surface area contributed by atoms with Gasteiger partial charge in [-0.05, 0) is 39.0 Å². The van der Waals surface area contributed by atoms with E-state index in [-0.39, 0.29) is 0 Å². The van der Waals surface area contributed by atoms with Crippen LogP contribution in [-0.4, -0.2) is 25.1 Å². The molecule has 2 heteroatoms. The summed E-state index contributed by atoms with van der Waals surface area (Å²) < 4.78 is 0. The van der Waals surface area contributed by atoms with Crippen LogP contribution in [0.15, 0.2) is 12.2 Å². The van der Waals surface area contributed by atoms with Gasteiger partial charge in [0, 0.05) is 12.3 Å². The van der Waals surface area contributed by atoms with E-state index in [4.69, 9.17) is 0 Å². The van der Waals surface area contributed by atoms with Gasteiger partial charge < -0.3 is 5.32 Å². The molecule has 1 nitrogen and oxygen atoms in total. The number of allylic oxidation sites excluding steroid dienone is 2. The highest BCUT2D eigenvalue weighted by molar-refractivity contribution is 7.98. The van der Waals surface area contributed by atoms with Crippen molar-refractivity contribution in [2.24, 2.45) is 0 Å². The van der Waals surface area contributed by atoms with Crippen molar-refractivity contribution in [3.8, 4) is 0 Å². The van der Waals surface area contributed by atoms with Gasteiger partial charge in [0.25, 0.3) is 0 Å². The second-order valence-electron chi connectivity index (χ2n) is 2.81. The van der Waals surface area contributed by atoms with Crippen molar-refractivity contribution in [3.05, 3.63) is 12.2 Å². The maximum atomic E-state index is 3.42. The second kappa shape index (κ2) is 11.1. The third-order valence-corrected chi connectivity index (χ3v) is 2.31.